The molecule has 0 spiro atoms. The molecule has 1 heterocycles. The first-order valence-electron chi connectivity index (χ1n) is 3.46. The van der Waals surface area contributed by atoms with E-state index < -0.39 is 11.9 Å². The predicted octanol–water partition coefficient (Wildman–Crippen LogP) is -0.823. The Morgan fingerprint density at radius 3 is 2.77 bits per heavy atom. The van der Waals surface area contributed by atoms with Crippen LogP contribution in [0.3, 0.4) is 0 Å². The van der Waals surface area contributed by atoms with Gasteiger partial charge in [0.1, 0.15) is 0 Å². The number of amides is 1. The molecule has 0 fully saturated rings. The van der Waals surface area contributed by atoms with Crippen LogP contribution in [0.2, 0.25) is 0 Å². The van der Waals surface area contributed by atoms with E-state index in [-0.39, 0.29) is 6.54 Å². The lowest BCUT2D eigenvalue weighted by Gasteiger charge is -1.99. The van der Waals surface area contributed by atoms with Crippen molar-refractivity contribution in [2.75, 3.05) is 0 Å². The number of nitrogens with one attached hydrogen (secondary N) is 1. The number of carbonyl (C=O) groups excluding carboxylic acids is 1. The monoisotopic (exact) mass is 181 g/mol. The Labute approximate surface area is 73.6 Å². The quantitative estimate of drug-likeness (QED) is 0.581. The highest BCUT2D eigenvalue weighted by Crippen LogP contribution is 1.87. The molecule has 68 valence electrons. The lowest BCUT2D eigenvalue weighted by Crippen LogP contribution is -2.30. The second-order valence-corrected chi connectivity index (χ2v) is 2.18. The van der Waals surface area contributed by atoms with Crippen LogP contribution in [0, 0.1) is 0 Å². The van der Waals surface area contributed by atoms with Gasteiger partial charge in [0.05, 0.1) is 18.4 Å². The number of carboxylic acid groups (broad SMARTS) is 1. The molecule has 1 amide bonds. The van der Waals surface area contributed by atoms with Crippen LogP contribution in [-0.2, 0) is 16.1 Å². The summed E-state index contributed by atoms with van der Waals surface area (Å²) in [5, 5.41) is 10.4. The normalized spacial score (nSPS) is 9.23. The number of nitrogens with zero attached hydrogens (tertiary/aromatic N) is 2. The van der Waals surface area contributed by atoms with Crippen LogP contribution in [-0.4, -0.2) is 27.0 Å². The fraction of sp³-hybridized carbons (Fsp3) is 0.143. The summed E-state index contributed by atoms with van der Waals surface area (Å²) >= 11 is 0. The van der Waals surface area contributed by atoms with Crippen molar-refractivity contribution in [3.05, 3.63) is 24.3 Å². The Hall–Kier alpha value is -1.98. The number of carboxylic acids is 1. The molecule has 0 aliphatic carbocycles. The summed E-state index contributed by atoms with van der Waals surface area (Å²) in [5.41, 5.74) is 0.511. The van der Waals surface area contributed by atoms with E-state index in [1.807, 2.05) is 0 Å². The van der Waals surface area contributed by atoms with Crippen LogP contribution in [0.15, 0.2) is 18.6 Å². The van der Waals surface area contributed by atoms with E-state index in [1.54, 1.807) is 0 Å². The first kappa shape index (κ1) is 9.11. The third-order valence-corrected chi connectivity index (χ3v) is 1.24. The van der Waals surface area contributed by atoms with Crippen molar-refractivity contribution in [1.82, 2.24) is 15.3 Å². The Morgan fingerprint density at radius 1 is 1.46 bits per heavy atom. The standard InChI is InChI=1S/C7H7N3O3/c11-6(7(12)13)10-4-5-3-8-1-2-9-5/h1-3H,4H2,(H,10,11)(H,12,13). The van der Waals surface area contributed by atoms with Gasteiger partial charge in [-0.05, 0) is 0 Å². The van der Waals surface area contributed by atoms with Crippen molar-refractivity contribution in [2.24, 2.45) is 0 Å². The molecule has 0 radical (unpaired) electrons. The average molecular weight is 181 g/mol. The molecule has 0 unspecified atom stereocenters. The topological polar surface area (TPSA) is 92.2 Å². The zero-order valence-electron chi connectivity index (χ0n) is 6.60. The maximum Gasteiger partial charge on any atom is 0.394 e. The van der Waals surface area contributed by atoms with Gasteiger partial charge in [-0.3, -0.25) is 14.8 Å². The second-order valence-electron chi connectivity index (χ2n) is 2.18. The number of hydrogen-bond donors (Lipinski definition) is 2. The van der Waals surface area contributed by atoms with E-state index in [4.69, 9.17) is 5.11 Å². The van der Waals surface area contributed by atoms with Crippen LogP contribution in [0.1, 0.15) is 5.69 Å². The van der Waals surface area contributed by atoms with Crippen LogP contribution >= 0.6 is 0 Å². The van der Waals surface area contributed by atoms with E-state index in [9.17, 15) is 9.59 Å². The number of rotatable bonds is 2. The molecular formula is C7H7N3O3. The smallest absolute Gasteiger partial charge is 0.394 e. The predicted molar refractivity (Wildman–Crippen MR) is 41.5 cm³/mol. The molecule has 0 saturated carbocycles. The molecule has 1 aromatic heterocycles. The summed E-state index contributed by atoms with van der Waals surface area (Å²) in [6, 6.07) is 0. The first-order chi connectivity index (χ1) is 6.20. The van der Waals surface area contributed by atoms with E-state index in [2.05, 4.69) is 15.3 Å². The molecule has 1 rings (SSSR count). The summed E-state index contributed by atoms with van der Waals surface area (Å²) in [7, 11) is 0. The van der Waals surface area contributed by atoms with E-state index in [0.717, 1.165) is 0 Å². The molecule has 0 aromatic carbocycles. The maximum atomic E-state index is 10.6. The van der Waals surface area contributed by atoms with Gasteiger partial charge in [0.15, 0.2) is 0 Å². The first-order valence-corrected chi connectivity index (χ1v) is 3.46. The molecule has 0 saturated heterocycles. The summed E-state index contributed by atoms with van der Waals surface area (Å²) < 4.78 is 0. The van der Waals surface area contributed by atoms with Gasteiger partial charge in [0.2, 0.25) is 0 Å². The zero-order chi connectivity index (χ0) is 9.68. The molecule has 6 heteroatoms. The minimum absolute atomic E-state index is 0.0684. The van der Waals surface area contributed by atoms with Crippen molar-refractivity contribution in [1.29, 1.82) is 0 Å². The van der Waals surface area contributed by atoms with Crippen molar-refractivity contribution in [3.63, 3.8) is 0 Å². The van der Waals surface area contributed by atoms with Crippen molar-refractivity contribution >= 4 is 11.9 Å². The summed E-state index contributed by atoms with van der Waals surface area (Å²) in [4.78, 5) is 28.2. The highest BCUT2D eigenvalue weighted by Gasteiger charge is 2.09. The minimum Gasteiger partial charge on any atom is -0.474 e. The molecule has 2 N–H and O–H groups in total. The Balaban J connectivity index is 2.44. The molecule has 6 nitrogen and oxygen atoms in total. The molecule has 0 atom stereocenters. The van der Waals surface area contributed by atoms with Crippen molar-refractivity contribution < 1.29 is 14.7 Å². The molecule has 13 heavy (non-hydrogen) atoms. The van der Waals surface area contributed by atoms with Gasteiger partial charge in [-0.15, -0.1) is 0 Å². The Morgan fingerprint density at radius 2 is 2.23 bits per heavy atom. The van der Waals surface area contributed by atoms with Gasteiger partial charge in [0.25, 0.3) is 0 Å². The fourth-order valence-corrected chi connectivity index (χ4v) is 0.668. The highest BCUT2D eigenvalue weighted by atomic mass is 16.4. The molecule has 0 aliphatic rings. The van der Waals surface area contributed by atoms with Crippen LogP contribution in [0.4, 0.5) is 0 Å². The Kier molecular flexibility index (Phi) is 2.91. The fourth-order valence-electron chi connectivity index (χ4n) is 0.668. The third-order valence-electron chi connectivity index (χ3n) is 1.24. The van der Waals surface area contributed by atoms with Crippen LogP contribution in [0.25, 0.3) is 0 Å². The van der Waals surface area contributed by atoms with Gasteiger partial charge in [0, 0.05) is 12.4 Å². The maximum absolute atomic E-state index is 10.6. The summed E-state index contributed by atoms with van der Waals surface area (Å²) in [6.45, 7) is 0.0684. The summed E-state index contributed by atoms with van der Waals surface area (Å²) in [5.74, 6) is -2.56. The Bertz CT molecular complexity index is 312. The van der Waals surface area contributed by atoms with E-state index >= 15 is 0 Å². The van der Waals surface area contributed by atoms with Crippen molar-refractivity contribution in [2.45, 2.75) is 6.54 Å². The molecular weight excluding hydrogens is 174 g/mol. The molecule has 0 bridgehead atoms. The number of aliphatic carboxylic acids is 1. The van der Waals surface area contributed by atoms with E-state index in [0.29, 0.717) is 5.69 Å². The zero-order valence-corrected chi connectivity index (χ0v) is 6.60. The van der Waals surface area contributed by atoms with Crippen molar-refractivity contribution in [3.8, 4) is 0 Å². The van der Waals surface area contributed by atoms with Gasteiger partial charge in [-0.1, -0.05) is 0 Å². The minimum atomic E-state index is -1.51. The van der Waals surface area contributed by atoms with Gasteiger partial charge in [-0.25, -0.2) is 4.79 Å². The second kappa shape index (κ2) is 4.15. The van der Waals surface area contributed by atoms with Crippen LogP contribution in [0.5, 0.6) is 0 Å². The lowest BCUT2D eigenvalue weighted by molar-refractivity contribution is -0.150. The molecule has 1 aromatic rings. The van der Waals surface area contributed by atoms with Gasteiger partial charge >= 0.3 is 11.9 Å². The van der Waals surface area contributed by atoms with Gasteiger partial charge < -0.3 is 10.4 Å². The number of hydrogen-bond acceptors (Lipinski definition) is 4. The van der Waals surface area contributed by atoms with Gasteiger partial charge in [-0.2, -0.15) is 0 Å². The third kappa shape index (κ3) is 2.86. The van der Waals surface area contributed by atoms with E-state index in [1.165, 1.54) is 18.6 Å². The largest absolute Gasteiger partial charge is 0.474 e. The SMILES string of the molecule is O=C(O)C(=O)NCc1cnccn1. The average Bonchev–Trinajstić information content (AvgIpc) is 2.15. The number of carbonyl (C=O) groups is 2. The van der Waals surface area contributed by atoms with Crippen LogP contribution < -0.4 is 5.32 Å². The molecule has 0 aliphatic heterocycles. The summed E-state index contributed by atoms with van der Waals surface area (Å²) in [6.07, 6.45) is 4.40. The lowest BCUT2D eigenvalue weighted by atomic mass is 10.4. The number of aromatic nitrogens is 2. The highest BCUT2D eigenvalue weighted by molar-refractivity contribution is 6.31.